The van der Waals surface area contributed by atoms with Crippen LogP contribution in [0.2, 0.25) is 0 Å². The van der Waals surface area contributed by atoms with Gasteiger partial charge < -0.3 is 14.8 Å². The lowest BCUT2D eigenvalue weighted by molar-refractivity contribution is 0.0166. The monoisotopic (exact) mass is 255 g/mol. The van der Waals surface area contributed by atoms with Crippen LogP contribution in [-0.4, -0.2) is 39.0 Å². The second-order valence-electron chi connectivity index (χ2n) is 5.77. The van der Waals surface area contributed by atoms with Crippen molar-refractivity contribution >= 4 is 0 Å². The van der Waals surface area contributed by atoms with Crippen molar-refractivity contribution in [1.29, 1.82) is 0 Å². The minimum absolute atomic E-state index is 0.375. The lowest BCUT2D eigenvalue weighted by Gasteiger charge is -2.21. The number of hydrogen-bond acceptors (Lipinski definition) is 3. The lowest BCUT2D eigenvalue weighted by atomic mass is 9.89. The zero-order valence-electron chi connectivity index (χ0n) is 11.7. The van der Waals surface area contributed by atoms with Crippen molar-refractivity contribution in [3.63, 3.8) is 0 Å². The van der Waals surface area contributed by atoms with E-state index in [0.29, 0.717) is 6.10 Å². The van der Waals surface area contributed by atoms with Crippen LogP contribution < -0.4 is 5.32 Å². The Morgan fingerprint density at radius 2 is 1.94 bits per heavy atom. The molecule has 1 saturated heterocycles. The van der Waals surface area contributed by atoms with E-state index in [1.165, 1.54) is 51.5 Å². The molecule has 1 unspecified atom stereocenters. The van der Waals surface area contributed by atoms with E-state index in [-0.39, 0.29) is 0 Å². The first-order chi connectivity index (χ1) is 8.95. The Morgan fingerprint density at radius 3 is 2.72 bits per heavy atom. The first-order valence-electron chi connectivity index (χ1n) is 7.85. The average molecular weight is 255 g/mol. The fraction of sp³-hybridized carbons (Fsp3) is 1.00. The predicted octanol–water partition coefficient (Wildman–Crippen LogP) is 2.74. The molecule has 3 nitrogen and oxygen atoms in total. The molecule has 0 aromatic carbocycles. The van der Waals surface area contributed by atoms with Gasteiger partial charge in [-0.1, -0.05) is 19.3 Å². The molecule has 0 radical (unpaired) electrons. The zero-order valence-corrected chi connectivity index (χ0v) is 11.7. The van der Waals surface area contributed by atoms with E-state index < -0.39 is 0 Å². The van der Waals surface area contributed by atoms with E-state index in [4.69, 9.17) is 9.47 Å². The first kappa shape index (κ1) is 14.3. The first-order valence-corrected chi connectivity index (χ1v) is 7.85. The van der Waals surface area contributed by atoms with Gasteiger partial charge in [-0.05, 0) is 51.1 Å². The number of ether oxygens (including phenoxy) is 2. The van der Waals surface area contributed by atoms with Crippen molar-refractivity contribution < 1.29 is 9.47 Å². The van der Waals surface area contributed by atoms with E-state index in [1.54, 1.807) is 0 Å². The number of hydrogen-bond donors (Lipinski definition) is 1. The summed E-state index contributed by atoms with van der Waals surface area (Å²) in [6.07, 6.45) is 11.1. The summed E-state index contributed by atoms with van der Waals surface area (Å²) < 4.78 is 11.2. The normalized spacial score (nSPS) is 25.7. The quantitative estimate of drug-likeness (QED) is 0.677. The Kier molecular flexibility index (Phi) is 7.06. The SMILES string of the molecule is C1CCC(CNCCCOCC2CCCO2)CC1. The van der Waals surface area contributed by atoms with Gasteiger partial charge in [0, 0.05) is 13.2 Å². The maximum atomic E-state index is 5.64. The van der Waals surface area contributed by atoms with Crippen LogP contribution in [0, 0.1) is 5.92 Å². The van der Waals surface area contributed by atoms with Crippen LogP contribution in [-0.2, 0) is 9.47 Å². The topological polar surface area (TPSA) is 30.5 Å². The van der Waals surface area contributed by atoms with Crippen LogP contribution in [0.25, 0.3) is 0 Å². The Hall–Kier alpha value is -0.120. The Balaban J connectivity index is 1.35. The highest BCUT2D eigenvalue weighted by Gasteiger charge is 2.15. The summed E-state index contributed by atoms with van der Waals surface area (Å²) in [4.78, 5) is 0. The highest BCUT2D eigenvalue weighted by Crippen LogP contribution is 2.22. The molecule has 2 rings (SSSR count). The molecular formula is C15H29NO2. The second kappa shape index (κ2) is 8.89. The molecule has 2 fully saturated rings. The van der Waals surface area contributed by atoms with Gasteiger partial charge in [0.1, 0.15) is 0 Å². The van der Waals surface area contributed by atoms with Gasteiger partial charge >= 0.3 is 0 Å². The summed E-state index contributed by atoms with van der Waals surface area (Å²) >= 11 is 0. The van der Waals surface area contributed by atoms with Gasteiger partial charge in [0.15, 0.2) is 0 Å². The maximum Gasteiger partial charge on any atom is 0.0809 e. The van der Waals surface area contributed by atoms with Gasteiger partial charge in [0.2, 0.25) is 0 Å². The van der Waals surface area contributed by atoms with E-state index in [2.05, 4.69) is 5.32 Å². The van der Waals surface area contributed by atoms with Crippen LogP contribution in [0.3, 0.4) is 0 Å². The third kappa shape index (κ3) is 5.68. The van der Waals surface area contributed by atoms with Gasteiger partial charge in [-0.2, -0.15) is 0 Å². The van der Waals surface area contributed by atoms with Crippen LogP contribution >= 0.6 is 0 Å². The molecule has 0 amide bonds. The molecular weight excluding hydrogens is 226 g/mol. The molecule has 3 heteroatoms. The molecule has 1 heterocycles. The molecule has 0 spiro atoms. The molecule has 1 aliphatic carbocycles. The minimum atomic E-state index is 0.375. The summed E-state index contributed by atoms with van der Waals surface area (Å²) in [6, 6.07) is 0. The standard InChI is InChI=1S/C15H29NO2/c1-2-6-14(7-3-1)12-16-9-5-10-17-13-15-8-4-11-18-15/h14-16H,1-13H2. The van der Waals surface area contributed by atoms with Gasteiger partial charge in [0.05, 0.1) is 12.7 Å². The molecule has 1 atom stereocenters. The van der Waals surface area contributed by atoms with E-state index in [1.807, 2.05) is 0 Å². The van der Waals surface area contributed by atoms with Crippen LogP contribution in [0.1, 0.15) is 51.4 Å². The molecule has 0 aromatic rings. The Bertz CT molecular complexity index is 199. The smallest absolute Gasteiger partial charge is 0.0809 e. The molecule has 106 valence electrons. The van der Waals surface area contributed by atoms with Crippen molar-refractivity contribution in [3.05, 3.63) is 0 Å². The predicted molar refractivity (Wildman–Crippen MR) is 73.9 cm³/mol. The Labute approximate surface area is 112 Å². The molecule has 1 aliphatic heterocycles. The van der Waals surface area contributed by atoms with Crippen molar-refractivity contribution in [2.24, 2.45) is 5.92 Å². The van der Waals surface area contributed by atoms with Gasteiger partial charge in [-0.15, -0.1) is 0 Å². The van der Waals surface area contributed by atoms with Crippen LogP contribution in [0.15, 0.2) is 0 Å². The molecule has 1 saturated carbocycles. The van der Waals surface area contributed by atoms with E-state index in [9.17, 15) is 0 Å². The summed E-state index contributed by atoms with van der Waals surface area (Å²) in [5.74, 6) is 0.937. The number of nitrogens with one attached hydrogen (secondary N) is 1. The maximum absolute atomic E-state index is 5.64. The lowest BCUT2D eigenvalue weighted by Crippen LogP contribution is -2.26. The Morgan fingerprint density at radius 1 is 1.06 bits per heavy atom. The van der Waals surface area contributed by atoms with E-state index in [0.717, 1.165) is 38.7 Å². The summed E-state index contributed by atoms with van der Waals surface area (Å²) in [5.41, 5.74) is 0. The highest BCUT2D eigenvalue weighted by molar-refractivity contribution is 4.68. The molecule has 0 bridgehead atoms. The molecule has 2 aliphatic rings. The fourth-order valence-corrected chi connectivity index (χ4v) is 2.99. The van der Waals surface area contributed by atoms with Crippen LogP contribution in [0.4, 0.5) is 0 Å². The number of rotatable bonds is 8. The van der Waals surface area contributed by atoms with Crippen molar-refractivity contribution in [2.75, 3.05) is 32.9 Å². The van der Waals surface area contributed by atoms with Crippen molar-refractivity contribution in [3.8, 4) is 0 Å². The second-order valence-corrected chi connectivity index (χ2v) is 5.77. The van der Waals surface area contributed by atoms with Gasteiger partial charge in [-0.25, -0.2) is 0 Å². The minimum Gasteiger partial charge on any atom is -0.379 e. The van der Waals surface area contributed by atoms with E-state index >= 15 is 0 Å². The van der Waals surface area contributed by atoms with Gasteiger partial charge in [-0.3, -0.25) is 0 Å². The summed E-state index contributed by atoms with van der Waals surface area (Å²) in [7, 11) is 0. The molecule has 18 heavy (non-hydrogen) atoms. The molecule has 0 aromatic heterocycles. The summed E-state index contributed by atoms with van der Waals surface area (Å²) in [5, 5.41) is 3.57. The molecule has 1 N–H and O–H groups in total. The van der Waals surface area contributed by atoms with Gasteiger partial charge in [0.25, 0.3) is 0 Å². The third-order valence-corrected chi connectivity index (χ3v) is 4.13. The fourth-order valence-electron chi connectivity index (χ4n) is 2.99. The zero-order chi connectivity index (χ0) is 12.5. The summed E-state index contributed by atoms with van der Waals surface area (Å²) in [6.45, 7) is 4.91. The third-order valence-electron chi connectivity index (χ3n) is 4.13. The van der Waals surface area contributed by atoms with Crippen molar-refractivity contribution in [2.45, 2.75) is 57.5 Å². The van der Waals surface area contributed by atoms with Crippen LogP contribution in [0.5, 0.6) is 0 Å². The largest absolute Gasteiger partial charge is 0.379 e. The average Bonchev–Trinajstić information content (AvgIpc) is 2.92. The van der Waals surface area contributed by atoms with Crippen molar-refractivity contribution in [1.82, 2.24) is 5.32 Å². The highest BCUT2D eigenvalue weighted by atomic mass is 16.5.